The highest BCUT2D eigenvalue weighted by Crippen LogP contribution is 2.47. The molecule has 1 aliphatic rings. The van der Waals surface area contributed by atoms with Gasteiger partial charge in [-0.25, -0.2) is 0 Å². The van der Waals surface area contributed by atoms with Crippen molar-refractivity contribution in [1.29, 1.82) is 0 Å². The maximum absolute atomic E-state index is 2.48. The Kier molecular flexibility index (Phi) is 8.86. The number of para-hydroxylation sites is 1. The Bertz CT molecular complexity index is 3100. The highest BCUT2D eigenvalue weighted by Gasteiger charge is 2.23. The third-order valence-corrected chi connectivity index (χ3v) is 13.6. The van der Waals surface area contributed by atoms with Gasteiger partial charge in [-0.2, -0.15) is 0 Å². The van der Waals surface area contributed by atoms with Crippen LogP contribution in [0.5, 0.6) is 0 Å². The summed E-state index contributed by atoms with van der Waals surface area (Å²) >= 11 is 1.87. The summed E-state index contributed by atoms with van der Waals surface area (Å²) in [7, 11) is 0. The molecule has 0 N–H and O–H groups in total. The molecule has 278 valence electrons. The van der Waals surface area contributed by atoms with Crippen LogP contribution in [-0.4, -0.2) is 0 Å². The fourth-order valence-electron chi connectivity index (χ4n) is 9.77. The van der Waals surface area contributed by atoms with Crippen molar-refractivity contribution in [2.45, 2.75) is 38.0 Å². The number of thiophene rings is 1. The van der Waals surface area contributed by atoms with E-state index in [0.29, 0.717) is 5.92 Å². The first-order valence-corrected chi connectivity index (χ1v) is 21.6. The lowest BCUT2D eigenvalue weighted by Crippen LogP contribution is -2.11. The number of rotatable bonds is 7. The van der Waals surface area contributed by atoms with Crippen molar-refractivity contribution in [3.05, 3.63) is 200 Å². The fourth-order valence-corrected chi connectivity index (χ4v) is 10.9. The van der Waals surface area contributed by atoms with Crippen LogP contribution in [0.25, 0.3) is 75.1 Å². The molecule has 2 heteroatoms. The van der Waals surface area contributed by atoms with Gasteiger partial charge in [0.15, 0.2) is 0 Å². The third-order valence-electron chi connectivity index (χ3n) is 12.5. The molecule has 1 aliphatic carbocycles. The Morgan fingerprint density at radius 2 is 1.03 bits per heavy atom. The second kappa shape index (κ2) is 14.8. The van der Waals surface area contributed by atoms with Crippen LogP contribution in [0.4, 0.5) is 17.1 Å². The molecule has 11 rings (SSSR count). The van der Waals surface area contributed by atoms with E-state index in [9.17, 15) is 0 Å². The average Bonchev–Trinajstić information content (AvgIpc) is 3.69. The summed E-state index contributed by atoms with van der Waals surface area (Å²) in [4.78, 5) is 2.48. The minimum absolute atomic E-state index is 0.594. The van der Waals surface area contributed by atoms with Crippen LogP contribution >= 0.6 is 11.3 Å². The molecule has 9 aromatic carbocycles. The van der Waals surface area contributed by atoms with Gasteiger partial charge in [0.2, 0.25) is 0 Å². The van der Waals surface area contributed by atoms with Gasteiger partial charge in [-0.3, -0.25) is 0 Å². The van der Waals surface area contributed by atoms with Crippen molar-refractivity contribution in [2.75, 3.05) is 4.90 Å². The van der Waals surface area contributed by atoms with Gasteiger partial charge >= 0.3 is 0 Å². The lowest BCUT2D eigenvalue weighted by atomic mass is 9.80. The van der Waals surface area contributed by atoms with Crippen molar-refractivity contribution >= 4 is 70.1 Å². The Hall–Kier alpha value is -6.48. The SMILES string of the molecule is c1cc(-c2cccc3ccccc23)cc(N(c2ccc(-c3cccc4sc5ccccc5c34)cc2)c2ccccc2-c2cccc3cccc(C4CCCCC4)c23)c1. The van der Waals surface area contributed by atoms with E-state index < -0.39 is 0 Å². The van der Waals surface area contributed by atoms with Gasteiger partial charge in [-0.05, 0) is 116 Å². The van der Waals surface area contributed by atoms with Crippen LogP contribution in [0.3, 0.4) is 0 Å². The van der Waals surface area contributed by atoms with E-state index in [1.807, 2.05) is 11.3 Å². The minimum atomic E-state index is 0.594. The zero-order chi connectivity index (χ0) is 38.4. The molecule has 0 unspecified atom stereocenters. The molecule has 1 aromatic heterocycles. The smallest absolute Gasteiger partial charge is 0.0540 e. The number of nitrogens with zero attached hydrogens (tertiary/aromatic N) is 1. The van der Waals surface area contributed by atoms with Gasteiger partial charge in [-0.15, -0.1) is 11.3 Å². The van der Waals surface area contributed by atoms with Gasteiger partial charge < -0.3 is 4.90 Å². The monoisotopic (exact) mass is 761 g/mol. The van der Waals surface area contributed by atoms with E-state index >= 15 is 0 Å². The molecule has 1 heterocycles. The maximum atomic E-state index is 2.48. The van der Waals surface area contributed by atoms with Crippen molar-refractivity contribution in [2.24, 2.45) is 0 Å². The molecule has 58 heavy (non-hydrogen) atoms. The average molecular weight is 762 g/mol. The van der Waals surface area contributed by atoms with E-state index in [2.05, 4.69) is 199 Å². The predicted molar refractivity (Wildman–Crippen MR) is 251 cm³/mol. The molecular formula is C56H43NS. The molecule has 0 saturated heterocycles. The molecular weight excluding hydrogens is 719 g/mol. The van der Waals surface area contributed by atoms with Gasteiger partial charge in [0.25, 0.3) is 0 Å². The highest BCUT2D eigenvalue weighted by atomic mass is 32.1. The lowest BCUT2D eigenvalue weighted by molar-refractivity contribution is 0.445. The molecule has 0 bridgehead atoms. The van der Waals surface area contributed by atoms with E-state index in [1.54, 1.807) is 0 Å². The van der Waals surface area contributed by atoms with Crippen molar-refractivity contribution < 1.29 is 0 Å². The molecule has 1 nitrogen and oxygen atoms in total. The zero-order valence-corrected chi connectivity index (χ0v) is 33.3. The maximum Gasteiger partial charge on any atom is 0.0540 e. The molecule has 0 radical (unpaired) electrons. The van der Waals surface area contributed by atoms with Gasteiger partial charge in [0, 0.05) is 37.1 Å². The number of anilines is 3. The summed E-state index contributed by atoms with van der Waals surface area (Å²) in [6, 6.07) is 72.2. The predicted octanol–water partition coefficient (Wildman–Crippen LogP) is 16.9. The summed E-state index contributed by atoms with van der Waals surface area (Å²) in [5, 5.41) is 7.90. The second-order valence-corrected chi connectivity index (χ2v) is 16.9. The normalized spacial score (nSPS) is 13.4. The van der Waals surface area contributed by atoms with Crippen LogP contribution in [0.15, 0.2) is 194 Å². The molecule has 1 saturated carbocycles. The van der Waals surface area contributed by atoms with Crippen LogP contribution in [-0.2, 0) is 0 Å². The first-order chi connectivity index (χ1) is 28.8. The van der Waals surface area contributed by atoms with E-state index in [0.717, 1.165) is 11.4 Å². The summed E-state index contributed by atoms with van der Waals surface area (Å²) in [6.45, 7) is 0. The summed E-state index contributed by atoms with van der Waals surface area (Å²) in [5.74, 6) is 0.594. The van der Waals surface area contributed by atoms with Crippen molar-refractivity contribution in [3.63, 3.8) is 0 Å². The minimum Gasteiger partial charge on any atom is -0.310 e. The highest BCUT2D eigenvalue weighted by molar-refractivity contribution is 7.25. The van der Waals surface area contributed by atoms with Crippen LogP contribution in [0.2, 0.25) is 0 Å². The quantitative estimate of drug-likeness (QED) is 0.156. The first kappa shape index (κ1) is 34.7. The van der Waals surface area contributed by atoms with Gasteiger partial charge in [-0.1, -0.05) is 171 Å². The lowest BCUT2D eigenvalue weighted by Gasteiger charge is -2.29. The van der Waals surface area contributed by atoms with Crippen molar-refractivity contribution in [1.82, 2.24) is 0 Å². The van der Waals surface area contributed by atoms with Crippen LogP contribution < -0.4 is 4.90 Å². The molecule has 0 spiro atoms. The molecule has 1 fully saturated rings. The van der Waals surface area contributed by atoms with Crippen LogP contribution in [0.1, 0.15) is 43.6 Å². The largest absolute Gasteiger partial charge is 0.310 e. The Labute approximate surface area is 344 Å². The third kappa shape index (κ3) is 6.08. The van der Waals surface area contributed by atoms with E-state index in [4.69, 9.17) is 0 Å². The van der Waals surface area contributed by atoms with E-state index in [1.165, 1.54) is 118 Å². The van der Waals surface area contributed by atoms with E-state index in [-0.39, 0.29) is 0 Å². The van der Waals surface area contributed by atoms with Crippen LogP contribution in [0, 0.1) is 0 Å². The Balaban J connectivity index is 1.11. The van der Waals surface area contributed by atoms with Crippen molar-refractivity contribution in [3.8, 4) is 33.4 Å². The summed E-state index contributed by atoms with van der Waals surface area (Å²) in [5.41, 5.74) is 12.4. The molecule has 0 aliphatic heterocycles. The molecule has 10 aromatic rings. The Morgan fingerprint density at radius 1 is 0.397 bits per heavy atom. The summed E-state index contributed by atoms with van der Waals surface area (Å²) < 4.78 is 2.65. The second-order valence-electron chi connectivity index (χ2n) is 15.8. The topological polar surface area (TPSA) is 3.24 Å². The molecule has 0 amide bonds. The number of hydrogen-bond acceptors (Lipinski definition) is 2. The number of benzene rings is 9. The number of hydrogen-bond donors (Lipinski definition) is 0. The number of fused-ring (bicyclic) bond motifs is 5. The molecule has 0 atom stereocenters. The fraction of sp³-hybridized carbons (Fsp3) is 0.107. The Morgan fingerprint density at radius 3 is 1.91 bits per heavy atom. The summed E-state index contributed by atoms with van der Waals surface area (Å²) in [6.07, 6.45) is 6.51. The standard InChI is InChI=1S/C56H43NS/c1-2-15-39(16-3-1)47-27-12-19-41-20-13-29-50(55(41)47)49-24-6-8-30-52(49)57(44-22-10-21-42(37-44)46-26-11-18-38-17-4-5-23-45(38)46)43-35-33-40(34-36-43)48-28-14-32-54-56(48)51-25-7-9-31-53(51)58-54/h4-14,17-37,39H,1-3,15-16H2. The van der Waals surface area contributed by atoms with Gasteiger partial charge in [0.1, 0.15) is 0 Å². The van der Waals surface area contributed by atoms with Gasteiger partial charge in [0.05, 0.1) is 5.69 Å². The zero-order valence-electron chi connectivity index (χ0n) is 32.4. The first-order valence-electron chi connectivity index (χ1n) is 20.8.